The summed E-state index contributed by atoms with van der Waals surface area (Å²) in [6.07, 6.45) is 6.95. The second-order valence-corrected chi connectivity index (χ2v) is 7.31. The van der Waals surface area contributed by atoms with Crippen LogP contribution in [0.1, 0.15) is 52.9 Å². The van der Waals surface area contributed by atoms with Crippen molar-refractivity contribution in [3.8, 4) is 0 Å². The van der Waals surface area contributed by atoms with Crippen LogP contribution in [-0.2, 0) is 0 Å². The molecule has 0 aromatic carbocycles. The molecule has 1 heterocycles. The summed E-state index contributed by atoms with van der Waals surface area (Å²) < 4.78 is 0. The van der Waals surface area contributed by atoms with Crippen molar-refractivity contribution in [2.75, 3.05) is 12.3 Å². The Morgan fingerprint density at radius 1 is 1.35 bits per heavy atom. The van der Waals surface area contributed by atoms with E-state index < -0.39 is 0 Å². The van der Waals surface area contributed by atoms with E-state index in [-0.39, 0.29) is 0 Å². The maximum atomic E-state index is 4.82. The Hall–Kier alpha value is -0.180. The molecule has 98 valence electrons. The number of hydrogen-bond donors (Lipinski definition) is 1. The fraction of sp³-hybridized carbons (Fsp3) is 0.929. The summed E-state index contributed by atoms with van der Waals surface area (Å²) in [5.41, 5.74) is 0.476. The second-order valence-electron chi connectivity index (χ2n) is 6.30. The van der Waals surface area contributed by atoms with Gasteiger partial charge >= 0.3 is 0 Å². The zero-order valence-corrected chi connectivity index (χ0v) is 12.3. The van der Waals surface area contributed by atoms with Crippen molar-refractivity contribution in [3.63, 3.8) is 0 Å². The molecule has 2 fully saturated rings. The summed E-state index contributed by atoms with van der Waals surface area (Å²) in [5.74, 6) is 1.90. The van der Waals surface area contributed by atoms with E-state index in [0.29, 0.717) is 17.4 Å². The lowest BCUT2D eigenvalue weighted by Crippen LogP contribution is -2.32. The molecule has 1 atom stereocenters. The van der Waals surface area contributed by atoms with Gasteiger partial charge in [0.2, 0.25) is 0 Å². The third-order valence-electron chi connectivity index (χ3n) is 4.18. The van der Waals surface area contributed by atoms with Gasteiger partial charge in [-0.15, -0.1) is 0 Å². The molecular formula is C14H26N2S. The first-order chi connectivity index (χ1) is 8.09. The zero-order valence-electron chi connectivity index (χ0n) is 11.5. The molecule has 1 saturated carbocycles. The van der Waals surface area contributed by atoms with E-state index in [1.54, 1.807) is 0 Å². The van der Waals surface area contributed by atoms with E-state index in [2.05, 4.69) is 26.1 Å². The number of nitrogens with zero attached hydrogens (tertiary/aromatic N) is 1. The van der Waals surface area contributed by atoms with Crippen molar-refractivity contribution in [2.24, 2.45) is 16.3 Å². The van der Waals surface area contributed by atoms with Crippen LogP contribution in [0.15, 0.2) is 4.99 Å². The zero-order chi connectivity index (χ0) is 12.3. The predicted molar refractivity (Wildman–Crippen MR) is 77.7 cm³/mol. The standard InChI is InChI=1S/C14H26N2S/c1-11(2)12-9-17-13(16-12)15-10-14(3)7-5-4-6-8-14/h11-12H,4-10H2,1-3H3,(H,15,16). The Balaban J connectivity index is 1.84. The van der Waals surface area contributed by atoms with Crippen LogP contribution in [-0.4, -0.2) is 23.5 Å². The molecule has 3 heteroatoms. The average Bonchev–Trinajstić information content (AvgIpc) is 2.76. The highest BCUT2D eigenvalue weighted by Crippen LogP contribution is 2.36. The summed E-state index contributed by atoms with van der Waals surface area (Å²) in [4.78, 5) is 4.82. The summed E-state index contributed by atoms with van der Waals surface area (Å²) in [6, 6.07) is 0.623. The molecule has 1 saturated heterocycles. The monoisotopic (exact) mass is 254 g/mol. The number of hydrogen-bond acceptors (Lipinski definition) is 2. The van der Waals surface area contributed by atoms with E-state index in [0.717, 1.165) is 6.54 Å². The van der Waals surface area contributed by atoms with Crippen LogP contribution in [0, 0.1) is 11.3 Å². The third-order valence-corrected chi connectivity index (χ3v) is 5.22. The van der Waals surface area contributed by atoms with Gasteiger partial charge in [-0.1, -0.05) is 51.8 Å². The number of nitrogens with one attached hydrogen (secondary N) is 1. The molecule has 0 amide bonds. The Morgan fingerprint density at radius 3 is 2.65 bits per heavy atom. The van der Waals surface area contributed by atoms with Crippen LogP contribution >= 0.6 is 11.8 Å². The lowest BCUT2D eigenvalue weighted by atomic mass is 9.76. The summed E-state index contributed by atoms with van der Waals surface area (Å²) in [7, 11) is 0. The van der Waals surface area contributed by atoms with Crippen LogP contribution in [0.3, 0.4) is 0 Å². The minimum Gasteiger partial charge on any atom is -0.361 e. The molecule has 2 rings (SSSR count). The molecule has 0 spiro atoms. The second kappa shape index (κ2) is 5.64. The summed E-state index contributed by atoms with van der Waals surface area (Å²) in [5, 5.41) is 4.75. The van der Waals surface area contributed by atoms with Crippen molar-refractivity contribution >= 4 is 16.9 Å². The number of aliphatic imine (C=N–C) groups is 1. The van der Waals surface area contributed by atoms with E-state index in [4.69, 9.17) is 4.99 Å². The van der Waals surface area contributed by atoms with Gasteiger partial charge in [-0.05, 0) is 24.2 Å². The van der Waals surface area contributed by atoms with Gasteiger partial charge in [0, 0.05) is 18.3 Å². The van der Waals surface area contributed by atoms with Gasteiger partial charge < -0.3 is 5.32 Å². The Labute approximate surface area is 110 Å². The SMILES string of the molecule is CC(C)C1CSC(=NCC2(C)CCCCC2)N1. The molecule has 1 aliphatic heterocycles. The molecule has 1 N–H and O–H groups in total. The highest BCUT2D eigenvalue weighted by molar-refractivity contribution is 8.14. The topological polar surface area (TPSA) is 24.4 Å². The molecule has 0 aromatic rings. The summed E-state index contributed by atoms with van der Waals surface area (Å²) >= 11 is 1.90. The van der Waals surface area contributed by atoms with Gasteiger partial charge in [0.1, 0.15) is 0 Å². The highest BCUT2D eigenvalue weighted by atomic mass is 32.2. The lowest BCUT2D eigenvalue weighted by Gasteiger charge is -2.32. The minimum absolute atomic E-state index is 0.476. The van der Waals surface area contributed by atoms with Crippen LogP contribution in [0.25, 0.3) is 0 Å². The maximum absolute atomic E-state index is 4.82. The van der Waals surface area contributed by atoms with Gasteiger partial charge in [0.15, 0.2) is 5.17 Å². The quantitative estimate of drug-likeness (QED) is 0.831. The van der Waals surface area contributed by atoms with Gasteiger partial charge in [-0.25, -0.2) is 0 Å². The number of rotatable bonds is 3. The maximum Gasteiger partial charge on any atom is 0.156 e. The van der Waals surface area contributed by atoms with Crippen molar-refractivity contribution in [2.45, 2.75) is 58.9 Å². The van der Waals surface area contributed by atoms with Crippen molar-refractivity contribution in [3.05, 3.63) is 0 Å². The number of amidine groups is 1. The largest absolute Gasteiger partial charge is 0.361 e. The van der Waals surface area contributed by atoms with Gasteiger partial charge in [-0.3, -0.25) is 4.99 Å². The third kappa shape index (κ3) is 3.64. The Morgan fingerprint density at radius 2 is 2.06 bits per heavy atom. The molecule has 17 heavy (non-hydrogen) atoms. The first kappa shape index (κ1) is 13.3. The molecular weight excluding hydrogens is 228 g/mol. The molecule has 0 bridgehead atoms. The lowest BCUT2D eigenvalue weighted by molar-refractivity contribution is 0.227. The Kier molecular flexibility index (Phi) is 4.40. The minimum atomic E-state index is 0.476. The fourth-order valence-corrected chi connectivity index (χ4v) is 3.88. The average molecular weight is 254 g/mol. The van der Waals surface area contributed by atoms with E-state index in [1.807, 2.05) is 11.8 Å². The molecule has 2 nitrogen and oxygen atoms in total. The normalized spacial score (nSPS) is 30.8. The summed E-state index contributed by atoms with van der Waals surface area (Å²) in [6.45, 7) is 8.00. The molecule has 1 unspecified atom stereocenters. The van der Waals surface area contributed by atoms with Gasteiger partial charge in [-0.2, -0.15) is 0 Å². The first-order valence-corrected chi connectivity index (χ1v) is 8.01. The first-order valence-electron chi connectivity index (χ1n) is 7.03. The van der Waals surface area contributed by atoms with Gasteiger partial charge in [0.25, 0.3) is 0 Å². The molecule has 0 radical (unpaired) electrons. The molecule has 1 aliphatic carbocycles. The highest BCUT2D eigenvalue weighted by Gasteiger charge is 2.28. The van der Waals surface area contributed by atoms with E-state index in [9.17, 15) is 0 Å². The van der Waals surface area contributed by atoms with Crippen molar-refractivity contribution < 1.29 is 0 Å². The van der Waals surface area contributed by atoms with Crippen LogP contribution in [0.4, 0.5) is 0 Å². The van der Waals surface area contributed by atoms with E-state index in [1.165, 1.54) is 43.0 Å². The van der Waals surface area contributed by atoms with Crippen molar-refractivity contribution in [1.82, 2.24) is 5.32 Å². The number of thioether (sulfide) groups is 1. The molecule has 0 aromatic heterocycles. The predicted octanol–water partition coefficient (Wildman–Crippen LogP) is 3.67. The van der Waals surface area contributed by atoms with Gasteiger partial charge in [0.05, 0.1) is 0 Å². The Bertz CT molecular complexity index is 280. The van der Waals surface area contributed by atoms with Crippen LogP contribution < -0.4 is 5.32 Å². The smallest absolute Gasteiger partial charge is 0.156 e. The van der Waals surface area contributed by atoms with Crippen LogP contribution in [0.5, 0.6) is 0 Å². The molecule has 2 aliphatic rings. The van der Waals surface area contributed by atoms with Crippen LogP contribution in [0.2, 0.25) is 0 Å². The fourth-order valence-electron chi connectivity index (χ4n) is 2.69. The van der Waals surface area contributed by atoms with E-state index >= 15 is 0 Å². The van der Waals surface area contributed by atoms with Crippen molar-refractivity contribution in [1.29, 1.82) is 0 Å².